The minimum atomic E-state index is 0. The summed E-state index contributed by atoms with van der Waals surface area (Å²) in [5, 5.41) is 7.30. The third-order valence-electron chi connectivity index (χ3n) is 5.20. The molecule has 1 saturated heterocycles. The predicted octanol–water partition coefficient (Wildman–Crippen LogP) is 2.83. The van der Waals surface area contributed by atoms with Gasteiger partial charge in [-0.1, -0.05) is 30.3 Å². The van der Waals surface area contributed by atoms with Crippen molar-refractivity contribution >= 4 is 29.9 Å². The highest BCUT2D eigenvalue weighted by atomic mass is 127. The Morgan fingerprint density at radius 1 is 1.19 bits per heavy atom. The first-order chi connectivity index (χ1) is 12.3. The Labute approximate surface area is 175 Å². The Bertz CT molecular complexity index is 546. The Hall–Kier alpha value is -0.860. The SMILES string of the molecule is CCN=C(NC1CCN(CCOC)CC1)NC1CC1c1ccccc1.I. The van der Waals surface area contributed by atoms with Gasteiger partial charge in [0.15, 0.2) is 5.96 Å². The van der Waals surface area contributed by atoms with Crippen molar-refractivity contribution in [1.82, 2.24) is 15.5 Å². The van der Waals surface area contributed by atoms with Gasteiger partial charge >= 0.3 is 0 Å². The standard InChI is InChI=1S/C20H32N4O.HI/c1-3-21-20(22-17-9-11-24(12-10-17)13-14-25-2)23-19-15-18(19)16-7-5-4-6-8-16;/h4-8,17-19H,3,9-15H2,1-2H3,(H2,21,22,23);1H. The summed E-state index contributed by atoms with van der Waals surface area (Å²) in [5.74, 6) is 1.61. The summed E-state index contributed by atoms with van der Waals surface area (Å²) < 4.78 is 5.18. The van der Waals surface area contributed by atoms with E-state index in [-0.39, 0.29) is 24.0 Å². The molecule has 1 heterocycles. The highest BCUT2D eigenvalue weighted by Gasteiger charge is 2.39. The largest absolute Gasteiger partial charge is 0.383 e. The zero-order valence-corrected chi connectivity index (χ0v) is 18.3. The van der Waals surface area contributed by atoms with E-state index in [0.717, 1.165) is 38.7 Å². The molecule has 2 unspecified atom stereocenters. The van der Waals surface area contributed by atoms with Crippen LogP contribution in [0.25, 0.3) is 0 Å². The maximum absolute atomic E-state index is 5.18. The van der Waals surface area contributed by atoms with Gasteiger partial charge in [0, 0.05) is 51.3 Å². The second-order valence-corrected chi connectivity index (χ2v) is 7.08. The summed E-state index contributed by atoms with van der Waals surface area (Å²) in [5.41, 5.74) is 1.43. The van der Waals surface area contributed by atoms with Gasteiger partial charge in [0.1, 0.15) is 0 Å². The summed E-state index contributed by atoms with van der Waals surface area (Å²) in [6.07, 6.45) is 3.53. The van der Waals surface area contributed by atoms with Gasteiger partial charge in [-0.25, -0.2) is 0 Å². The molecule has 0 radical (unpaired) electrons. The minimum absolute atomic E-state index is 0. The van der Waals surface area contributed by atoms with Crippen LogP contribution in [0.1, 0.15) is 37.7 Å². The molecule has 0 bridgehead atoms. The van der Waals surface area contributed by atoms with Crippen molar-refractivity contribution < 1.29 is 4.74 Å². The molecule has 1 saturated carbocycles. The summed E-state index contributed by atoms with van der Waals surface area (Å²) >= 11 is 0. The molecule has 1 aliphatic heterocycles. The number of likely N-dealkylation sites (tertiary alicyclic amines) is 1. The minimum Gasteiger partial charge on any atom is -0.383 e. The fourth-order valence-corrected chi connectivity index (χ4v) is 3.60. The normalized spacial score (nSPS) is 24.0. The molecule has 5 nitrogen and oxygen atoms in total. The van der Waals surface area contributed by atoms with Crippen molar-refractivity contribution in [2.45, 2.75) is 44.2 Å². The van der Waals surface area contributed by atoms with E-state index in [0.29, 0.717) is 18.0 Å². The van der Waals surface area contributed by atoms with Crippen LogP contribution in [0.5, 0.6) is 0 Å². The van der Waals surface area contributed by atoms with Crippen LogP contribution in [0, 0.1) is 0 Å². The van der Waals surface area contributed by atoms with Gasteiger partial charge in [-0.15, -0.1) is 24.0 Å². The first-order valence-electron chi connectivity index (χ1n) is 9.64. The van der Waals surface area contributed by atoms with Crippen molar-refractivity contribution in [3.8, 4) is 0 Å². The molecule has 1 aromatic carbocycles. The Balaban J connectivity index is 0.00000243. The van der Waals surface area contributed by atoms with Crippen molar-refractivity contribution in [1.29, 1.82) is 0 Å². The highest BCUT2D eigenvalue weighted by Crippen LogP contribution is 2.40. The van der Waals surface area contributed by atoms with Gasteiger partial charge in [0.25, 0.3) is 0 Å². The number of hydrogen-bond acceptors (Lipinski definition) is 3. The van der Waals surface area contributed by atoms with E-state index < -0.39 is 0 Å². The monoisotopic (exact) mass is 472 g/mol. The molecule has 2 fully saturated rings. The number of halogens is 1. The van der Waals surface area contributed by atoms with Gasteiger partial charge in [-0.3, -0.25) is 4.99 Å². The topological polar surface area (TPSA) is 48.9 Å². The van der Waals surface area contributed by atoms with Crippen LogP contribution >= 0.6 is 24.0 Å². The Morgan fingerprint density at radius 2 is 1.92 bits per heavy atom. The number of aliphatic imine (C=N–C) groups is 1. The lowest BCUT2D eigenvalue weighted by molar-refractivity contribution is 0.128. The summed E-state index contributed by atoms with van der Waals surface area (Å²) in [6.45, 7) is 7.04. The lowest BCUT2D eigenvalue weighted by atomic mass is 10.1. The second kappa shape index (κ2) is 11.1. The van der Waals surface area contributed by atoms with E-state index in [1.807, 2.05) is 0 Å². The van der Waals surface area contributed by atoms with Crippen molar-refractivity contribution in [3.63, 3.8) is 0 Å². The van der Waals surface area contributed by atoms with Gasteiger partial charge in [-0.05, 0) is 31.7 Å². The van der Waals surface area contributed by atoms with Crippen LogP contribution < -0.4 is 10.6 Å². The molecule has 2 atom stereocenters. The number of ether oxygens (including phenoxy) is 1. The summed E-state index contributed by atoms with van der Waals surface area (Å²) in [7, 11) is 1.77. The molecule has 2 aliphatic rings. The fourth-order valence-electron chi connectivity index (χ4n) is 3.60. The lowest BCUT2D eigenvalue weighted by Gasteiger charge is -2.33. The molecular formula is C20H33IN4O. The maximum Gasteiger partial charge on any atom is 0.191 e. The zero-order chi connectivity index (χ0) is 17.5. The molecule has 6 heteroatoms. The molecular weight excluding hydrogens is 439 g/mol. The second-order valence-electron chi connectivity index (χ2n) is 7.08. The average Bonchev–Trinajstić information content (AvgIpc) is 3.41. The lowest BCUT2D eigenvalue weighted by Crippen LogP contribution is -2.49. The number of piperidine rings is 1. The first kappa shape index (κ1) is 21.4. The molecule has 0 amide bonds. The number of methoxy groups -OCH3 is 1. The number of nitrogens with one attached hydrogen (secondary N) is 2. The highest BCUT2D eigenvalue weighted by molar-refractivity contribution is 14.0. The third kappa shape index (κ3) is 6.39. The van der Waals surface area contributed by atoms with Gasteiger partial charge in [-0.2, -0.15) is 0 Å². The van der Waals surface area contributed by atoms with Crippen LogP contribution in [-0.2, 0) is 4.74 Å². The van der Waals surface area contributed by atoms with Crippen LogP contribution in [0.2, 0.25) is 0 Å². The molecule has 0 spiro atoms. The number of hydrogen-bond donors (Lipinski definition) is 2. The number of rotatable bonds is 7. The van der Waals surface area contributed by atoms with Crippen LogP contribution in [0.3, 0.4) is 0 Å². The van der Waals surface area contributed by atoms with Crippen LogP contribution in [-0.4, -0.2) is 62.8 Å². The summed E-state index contributed by atoms with van der Waals surface area (Å²) in [6, 6.07) is 11.8. The number of benzene rings is 1. The molecule has 26 heavy (non-hydrogen) atoms. The van der Waals surface area contributed by atoms with E-state index in [2.05, 4.69) is 57.8 Å². The van der Waals surface area contributed by atoms with Gasteiger partial charge < -0.3 is 20.3 Å². The average molecular weight is 472 g/mol. The number of guanidine groups is 1. The van der Waals surface area contributed by atoms with E-state index in [1.165, 1.54) is 24.8 Å². The number of nitrogens with zero attached hydrogens (tertiary/aromatic N) is 2. The van der Waals surface area contributed by atoms with E-state index in [4.69, 9.17) is 4.74 Å². The summed E-state index contributed by atoms with van der Waals surface area (Å²) in [4.78, 5) is 7.14. The van der Waals surface area contributed by atoms with Crippen molar-refractivity contribution in [2.75, 3.05) is 39.9 Å². The van der Waals surface area contributed by atoms with E-state index >= 15 is 0 Å². The zero-order valence-electron chi connectivity index (χ0n) is 16.0. The Kier molecular flexibility index (Phi) is 9.15. The van der Waals surface area contributed by atoms with Crippen LogP contribution in [0.15, 0.2) is 35.3 Å². The van der Waals surface area contributed by atoms with Crippen molar-refractivity contribution in [2.24, 2.45) is 4.99 Å². The molecule has 1 aromatic rings. The van der Waals surface area contributed by atoms with E-state index in [9.17, 15) is 0 Å². The third-order valence-corrected chi connectivity index (χ3v) is 5.20. The molecule has 0 aromatic heterocycles. The van der Waals surface area contributed by atoms with Gasteiger partial charge in [0.2, 0.25) is 0 Å². The fraction of sp³-hybridized carbons (Fsp3) is 0.650. The molecule has 3 rings (SSSR count). The van der Waals surface area contributed by atoms with E-state index in [1.54, 1.807) is 7.11 Å². The van der Waals surface area contributed by atoms with Crippen molar-refractivity contribution in [3.05, 3.63) is 35.9 Å². The van der Waals surface area contributed by atoms with Crippen LogP contribution in [0.4, 0.5) is 0 Å². The molecule has 146 valence electrons. The quantitative estimate of drug-likeness (QED) is 0.364. The van der Waals surface area contributed by atoms with Gasteiger partial charge in [0.05, 0.1) is 6.61 Å². The smallest absolute Gasteiger partial charge is 0.191 e. The predicted molar refractivity (Wildman–Crippen MR) is 119 cm³/mol. The first-order valence-corrected chi connectivity index (χ1v) is 9.64. The molecule has 2 N–H and O–H groups in total. The maximum atomic E-state index is 5.18. The Morgan fingerprint density at radius 3 is 2.58 bits per heavy atom. The molecule has 1 aliphatic carbocycles.